The van der Waals surface area contributed by atoms with E-state index in [1.165, 1.54) is 76.3 Å². The van der Waals surface area contributed by atoms with Crippen LogP contribution >= 0.6 is 0 Å². The summed E-state index contributed by atoms with van der Waals surface area (Å²) in [4.78, 5) is 8.62. The van der Waals surface area contributed by atoms with E-state index in [1.54, 1.807) is 9.80 Å². The minimum Gasteiger partial charge on any atom is -0.331 e. The summed E-state index contributed by atoms with van der Waals surface area (Å²) in [7, 11) is 0. The Labute approximate surface area is 157 Å². The Morgan fingerprint density at radius 3 is 2.08 bits per heavy atom. The Bertz CT molecular complexity index is 585. The molecule has 0 unspecified atom stereocenters. The molecule has 138 valence electrons. The lowest BCUT2D eigenvalue weighted by molar-refractivity contribution is -1.04. The summed E-state index contributed by atoms with van der Waals surface area (Å²) in [6, 6.07) is 16.3. The maximum atomic E-state index is 3.21. The zero-order valence-corrected chi connectivity index (χ0v) is 15.8. The van der Waals surface area contributed by atoms with Gasteiger partial charge in [-0.3, -0.25) is 0 Å². The Morgan fingerprint density at radius 2 is 1.38 bits per heavy atom. The summed E-state index contributed by atoms with van der Waals surface area (Å²) in [5.74, 6) is 0. The smallest absolute Gasteiger partial charge is 0.175 e. The van der Waals surface area contributed by atoms with E-state index in [-0.39, 0.29) is 0 Å². The van der Waals surface area contributed by atoms with Gasteiger partial charge in [-0.05, 0) is 6.07 Å². The van der Waals surface area contributed by atoms with E-state index in [2.05, 4.69) is 53.6 Å². The Morgan fingerprint density at radius 1 is 0.731 bits per heavy atom. The summed E-state index contributed by atoms with van der Waals surface area (Å²) in [6.45, 7) is 10.4. The molecule has 0 aliphatic carbocycles. The quantitative estimate of drug-likeness (QED) is 0.556. The van der Waals surface area contributed by atoms with E-state index in [1.807, 2.05) is 11.1 Å². The van der Waals surface area contributed by atoms with Crippen molar-refractivity contribution < 1.29 is 19.7 Å². The van der Waals surface area contributed by atoms with Crippen LogP contribution in [0.25, 0.3) is 0 Å². The van der Waals surface area contributed by atoms with Crippen molar-refractivity contribution in [1.29, 1.82) is 0 Å². The van der Waals surface area contributed by atoms with Gasteiger partial charge in [0.15, 0.2) is 12.4 Å². The zero-order valence-electron chi connectivity index (χ0n) is 15.8. The molecule has 0 radical (unpaired) electrons. The first-order chi connectivity index (χ1) is 12.9. The molecule has 26 heavy (non-hydrogen) atoms. The van der Waals surface area contributed by atoms with Crippen LogP contribution in [0.3, 0.4) is 0 Å². The predicted octanol–water partition coefficient (Wildman–Crippen LogP) is -1.97. The number of benzene rings is 1. The Balaban J connectivity index is 1.20. The van der Waals surface area contributed by atoms with Crippen LogP contribution in [-0.2, 0) is 13.1 Å². The summed E-state index contributed by atoms with van der Waals surface area (Å²) >= 11 is 0. The maximum Gasteiger partial charge on any atom is 0.175 e. The second-order valence-electron chi connectivity index (χ2n) is 8.18. The minimum atomic E-state index is 0.904. The van der Waals surface area contributed by atoms with E-state index in [9.17, 15) is 0 Å². The maximum absolute atomic E-state index is 3.21. The molecular formula is C22H34N4+4. The number of rotatable bonds is 5. The molecule has 0 atom stereocenters. The average molecular weight is 355 g/mol. The lowest BCUT2D eigenvalue weighted by Crippen LogP contribution is -3.30. The number of quaternary nitrogens is 3. The zero-order chi connectivity index (χ0) is 17.6. The first-order valence-electron chi connectivity index (χ1n) is 10.4. The fraction of sp³-hybridized carbons (Fsp3) is 0.500. The third-order valence-electron chi connectivity index (χ3n) is 6.39. The second-order valence-corrected chi connectivity index (χ2v) is 8.18. The first-order valence-corrected chi connectivity index (χ1v) is 10.4. The summed E-state index contributed by atoms with van der Waals surface area (Å²) in [5.41, 5.74) is 2.92. The van der Waals surface area contributed by atoms with Crippen LogP contribution in [0.1, 0.15) is 24.0 Å². The molecule has 2 saturated heterocycles. The summed E-state index contributed by atoms with van der Waals surface area (Å²) < 4.78 is 0. The van der Waals surface area contributed by atoms with Gasteiger partial charge >= 0.3 is 0 Å². The molecule has 0 bridgehead atoms. The fourth-order valence-corrected chi connectivity index (χ4v) is 4.83. The van der Waals surface area contributed by atoms with Crippen LogP contribution in [0.4, 0.5) is 0 Å². The van der Waals surface area contributed by atoms with E-state index >= 15 is 0 Å². The van der Waals surface area contributed by atoms with Gasteiger partial charge in [0.2, 0.25) is 0 Å². The van der Waals surface area contributed by atoms with Crippen LogP contribution in [0.2, 0.25) is 0 Å². The predicted molar refractivity (Wildman–Crippen MR) is 102 cm³/mol. The number of hydrogen-bond donors (Lipinski definition) is 3. The highest BCUT2D eigenvalue weighted by atomic mass is 15.3. The monoisotopic (exact) mass is 354 g/mol. The summed E-state index contributed by atoms with van der Waals surface area (Å²) in [6.07, 6.45) is 6.95. The SMILES string of the molecule is c1ccc(C[NH+]2CCC([NH+]3CC[NH+](Cc4ccc[nH+]c4)CC3)CC2)cc1. The minimum absolute atomic E-state index is 0.904. The van der Waals surface area contributed by atoms with Crippen molar-refractivity contribution >= 4 is 0 Å². The van der Waals surface area contributed by atoms with Crippen LogP contribution in [-0.4, -0.2) is 45.3 Å². The molecule has 0 saturated carbocycles. The molecule has 1 aromatic carbocycles. The molecule has 0 amide bonds. The first kappa shape index (κ1) is 17.7. The van der Waals surface area contributed by atoms with Crippen molar-refractivity contribution in [3.63, 3.8) is 0 Å². The highest BCUT2D eigenvalue weighted by molar-refractivity contribution is 5.13. The van der Waals surface area contributed by atoms with E-state index < -0.39 is 0 Å². The molecule has 2 aliphatic heterocycles. The van der Waals surface area contributed by atoms with Gasteiger partial charge in [0.1, 0.15) is 39.3 Å². The van der Waals surface area contributed by atoms with Gasteiger partial charge in [0.05, 0.1) is 24.7 Å². The third kappa shape index (κ3) is 4.70. The molecule has 3 heterocycles. The lowest BCUT2D eigenvalue weighted by atomic mass is 10.0. The molecule has 4 rings (SSSR count). The summed E-state index contributed by atoms with van der Waals surface area (Å²) in [5, 5.41) is 0. The number of pyridine rings is 1. The van der Waals surface area contributed by atoms with Crippen molar-refractivity contribution in [3.05, 3.63) is 66.0 Å². The van der Waals surface area contributed by atoms with Gasteiger partial charge in [-0.1, -0.05) is 30.3 Å². The second kappa shape index (κ2) is 8.76. The highest BCUT2D eigenvalue weighted by Gasteiger charge is 2.33. The number of piperidine rings is 1. The van der Waals surface area contributed by atoms with E-state index in [0.29, 0.717) is 0 Å². The Hall–Kier alpha value is -1.75. The van der Waals surface area contributed by atoms with Crippen molar-refractivity contribution in [2.24, 2.45) is 0 Å². The topological polar surface area (TPSA) is 27.5 Å². The average Bonchev–Trinajstić information content (AvgIpc) is 2.71. The molecular weight excluding hydrogens is 320 g/mol. The van der Waals surface area contributed by atoms with Crippen molar-refractivity contribution in [2.75, 3.05) is 39.3 Å². The van der Waals surface area contributed by atoms with Crippen molar-refractivity contribution in [3.8, 4) is 0 Å². The third-order valence-corrected chi connectivity index (χ3v) is 6.39. The number of hydrogen-bond acceptors (Lipinski definition) is 0. The molecule has 2 aromatic rings. The normalized spacial score (nSPS) is 29.4. The number of piperazine rings is 1. The van der Waals surface area contributed by atoms with Crippen LogP contribution in [0.15, 0.2) is 54.9 Å². The number of nitrogens with one attached hydrogen (secondary N) is 4. The lowest BCUT2D eigenvalue weighted by Gasteiger charge is -2.37. The van der Waals surface area contributed by atoms with Gasteiger partial charge < -0.3 is 14.7 Å². The molecule has 0 spiro atoms. The molecule has 4 nitrogen and oxygen atoms in total. The number of aromatic nitrogens is 1. The fourth-order valence-electron chi connectivity index (χ4n) is 4.83. The van der Waals surface area contributed by atoms with Gasteiger partial charge in [-0.25, -0.2) is 4.98 Å². The van der Waals surface area contributed by atoms with Gasteiger partial charge in [-0.2, -0.15) is 0 Å². The van der Waals surface area contributed by atoms with Gasteiger partial charge in [-0.15, -0.1) is 0 Å². The Kier molecular flexibility index (Phi) is 5.95. The standard InChI is InChI=1S/C22H30N4/c1-2-5-20(6-3-1)18-24-11-8-22(9-12-24)26-15-13-25(14-16-26)19-21-7-4-10-23-17-21/h1-7,10,17,22H,8-9,11-16,18-19H2/p+4. The van der Waals surface area contributed by atoms with Crippen molar-refractivity contribution in [2.45, 2.75) is 32.0 Å². The number of likely N-dealkylation sites (tertiary alicyclic amines) is 1. The van der Waals surface area contributed by atoms with Gasteiger partial charge in [0.25, 0.3) is 0 Å². The molecule has 4 heteroatoms. The molecule has 4 N–H and O–H groups in total. The van der Waals surface area contributed by atoms with Crippen molar-refractivity contribution in [1.82, 2.24) is 0 Å². The van der Waals surface area contributed by atoms with Gasteiger partial charge in [0, 0.05) is 24.5 Å². The highest BCUT2D eigenvalue weighted by Crippen LogP contribution is 2.00. The molecule has 2 aliphatic rings. The molecule has 2 fully saturated rings. The number of aromatic amines is 1. The van der Waals surface area contributed by atoms with E-state index in [0.717, 1.165) is 6.04 Å². The largest absolute Gasteiger partial charge is 0.331 e. The van der Waals surface area contributed by atoms with Crippen LogP contribution < -0.4 is 19.7 Å². The molecule has 1 aromatic heterocycles. The van der Waals surface area contributed by atoms with E-state index in [4.69, 9.17) is 0 Å². The number of H-pyrrole nitrogens is 1. The van der Waals surface area contributed by atoms with Crippen LogP contribution in [0, 0.1) is 0 Å². The van der Waals surface area contributed by atoms with Crippen LogP contribution in [0.5, 0.6) is 0 Å².